The second-order valence-corrected chi connectivity index (χ2v) is 5.82. The van der Waals surface area contributed by atoms with Gasteiger partial charge in [0.05, 0.1) is 27.0 Å². The Labute approximate surface area is 122 Å². The molecule has 2 aromatic rings. The van der Waals surface area contributed by atoms with E-state index < -0.39 is 22.6 Å². The zero-order valence-electron chi connectivity index (χ0n) is 10.2. The number of carboxylic acids is 1. The van der Waals surface area contributed by atoms with E-state index in [1.165, 1.54) is 30.3 Å². The number of aromatic carboxylic acids is 1. The SMILES string of the molecule is O=C(O)c1ccccc1S(=O)Cc1c(F)cccc1Cl. The van der Waals surface area contributed by atoms with Crippen LogP contribution in [-0.4, -0.2) is 15.3 Å². The van der Waals surface area contributed by atoms with Crippen LogP contribution in [0.5, 0.6) is 0 Å². The topological polar surface area (TPSA) is 54.4 Å². The molecule has 1 N–H and O–H groups in total. The van der Waals surface area contributed by atoms with Crippen molar-refractivity contribution in [1.29, 1.82) is 0 Å². The minimum Gasteiger partial charge on any atom is -0.478 e. The zero-order chi connectivity index (χ0) is 14.7. The van der Waals surface area contributed by atoms with Gasteiger partial charge in [0.1, 0.15) is 5.82 Å². The number of rotatable bonds is 4. The van der Waals surface area contributed by atoms with Crippen molar-refractivity contribution in [2.45, 2.75) is 10.6 Å². The third-order valence-electron chi connectivity index (χ3n) is 2.70. The predicted molar refractivity (Wildman–Crippen MR) is 74.9 cm³/mol. The highest BCUT2D eigenvalue weighted by atomic mass is 35.5. The average Bonchev–Trinajstić information content (AvgIpc) is 2.43. The van der Waals surface area contributed by atoms with E-state index in [4.69, 9.17) is 16.7 Å². The Hall–Kier alpha value is -1.72. The lowest BCUT2D eigenvalue weighted by Gasteiger charge is -2.08. The normalized spacial score (nSPS) is 12.1. The Morgan fingerprint density at radius 2 is 1.90 bits per heavy atom. The summed E-state index contributed by atoms with van der Waals surface area (Å²) in [5, 5.41) is 9.23. The lowest BCUT2D eigenvalue weighted by atomic mass is 10.2. The maximum atomic E-state index is 13.7. The van der Waals surface area contributed by atoms with E-state index in [0.717, 1.165) is 0 Å². The van der Waals surface area contributed by atoms with E-state index in [1.54, 1.807) is 12.1 Å². The number of carbonyl (C=O) groups is 1. The van der Waals surface area contributed by atoms with Crippen LogP contribution in [0.1, 0.15) is 15.9 Å². The second-order valence-electron chi connectivity index (χ2n) is 3.99. The summed E-state index contributed by atoms with van der Waals surface area (Å²) in [4.78, 5) is 11.2. The molecule has 6 heteroatoms. The van der Waals surface area contributed by atoms with Crippen LogP contribution in [0.15, 0.2) is 47.4 Å². The molecule has 0 aromatic heterocycles. The molecule has 104 valence electrons. The first-order valence-electron chi connectivity index (χ1n) is 5.64. The van der Waals surface area contributed by atoms with Crippen LogP contribution in [0, 0.1) is 5.82 Å². The number of hydrogen-bond donors (Lipinski definition) is 1. The zero-order valence-corrected chi connectivity index (χ0v) is 11.7. The number of carboxylic acid groups (broad SMARTS) is 1. The van der Waals surface area contributed by atoms with Gasteiger partial charge in [-0.1, -0.05) is 29.8 Å². The molecule has 0 radical (unpaired) electrons. The summed E-state index contributed by atoms with van der Waals surface area (Å²) in [6.07, 6.45) is 0. The Kier molecular flexibility index (Phi) is 4.52. The van der Waals surface area contributed by atoms with Gasteiger partial charge in [-0.3, -0.25) is 4.21 Å². The fourth-order valence-corrected chi connectivity index (χ4v) is 3.37. The predicted octanol–water partition coefficient (Wildman–Crippen LogP) is 3.49. The molecule has 0 aliphatic carbocycles. The fourth-order valence-electron chi connectivity index (χ4n) is 1.72. The first-order valence-corrected chi connectivity index (χ1v) is 7.34. The van der Waals surface area contributed by atoms with Crippen molar-refractivity contribution in [3.05, 3.63) is 64.4 Å². The maximum absolute atomic E-state index is 13.7. The summed E-state index contributed by atoms with van der Waals surface area (Å²) < 4.78 is 25.9. The van der Waals surface area contributed by atoms with Crippen molar-refractivity contribution in [3.8, 4) is 0 Å². The number of hydrogen-bond acceptors (Lipinski definition) is 2. The van der Waals surface area contributed by atoms with E-state index in [9.17, 15) is 13.4 Å². The fraction of sp³-hybridized carbons (Fsp3) is 0.0714. The molecule has 2 aromatic carbocycles. The van der Waals surface area contributed by atoms with Gasteiger partial charge < -0.3 is 5.11 Å². The largest absolute Gasteiger partial charge is 0.478 e. The highest BCUT2D eigenvalue weighted by molar-refractivity contribution is 7.84. The highest BCUT2D eigenvalue weighted by Gasteiger charge is 2.17. The molecule has 3 nitrogen and oxygen atoms in total. The summed E-state index contributed by atoms with van der Waals surface area (Å²) in [5.41, 5.74) is 0.0611. The van der Waals surface area contributed by atoms with E-state index >= 15 is 0 Å². The van der Waals surface area contributed by atoms with Crippen molar-refractivity contribution in [2.75, 3.05) is 0 Å². The summed E-state index contributed by atoms with van der Waals surface area (Å²) in [5.74, 6) is -1.90. The third kappa shape index (κ3) is 3.05. The van der Waals surface area contributed by atoms with E-state index in [-0.39, 0.29) is 26.8 Å². The summed E-state index contributed by atoms with van der Waals surface area (Å²) in [6.45, 7) is 0. The van der Waals surface area contributed by atoms with E-state index in [0.29, 0.717) is 0 Å². The molecule has 20 heavy (non-hydrogen) atoms. The van der Waals surface area contributed by atoms with Crippen LogP contribution >= 0.6 is 11.6 Å². The Balaban J connectivity index is 2.36. The van der Waals surface area contributed by atoms with Gasteiger partial charge in [0.15, 0.2) is 0 Å². The molecule has 0 saturated heterocycles. The minimum atomic E-state index is -1.69. The molecule has 0 aliphatic rings. The molecular formula is C14H10ClFO3S. The quantitative estimate of drug-likeness (QED) is 0.940. The van der Waals surface area contributed by atoms with Gasteiger partial charge in [-0.2, -0.15) is 0 Å². The van der Waals surface area contributed by atoms with Crippen molar-refractivity contribution in [3.63, 3.8) is 0 Å². The first-order chi connectivity index (χ1) is 9.50. The van der Waals surface area contributed by atoms with Crippen LogP contribution in [0.2, 0.25) is 5.02 Å². The first kappa shape index (κ1) is 14.7. The summed E-state index contributed by atoms with van der Waals surface area (Å²) >= 11 is 5.87. The minimum absolute atomic E-state index is 0.0571. The summed E-state index contributed by atoms with van der Waals surface area (Å²) in [6, 6.07) is 10.1. The van der Waals surface area contributed by atoms with Crippen molar-refractivity contribution in [2.24, 2.45) is 0 Å². The molecule has 1 atom stereocenters. The van der Waals surface area contributed by atoms with Crippen molar-refractivity contribution >= 4 is 28.4 Å². The van der Waals surface area contributed by atoms with Crippen molar-refractivity contribution < 1.29 is 18.5 Å². The molecular weight excluding hydrogens is 303 g/mol. The van der Waals surface area contributed by atoms with Crippen LogP contribution in [-0.2, 0) is 16.6 Å². The lowest BCUT2D eigenvalue weighted by molar-refractivity contribution is 0.0693. The lowest BCUT2D eigenvalue weighted by Crippen LogP contribution is -2.06. The molecule has 0 saturated carbocycles. The summed E-state index contributed by atoms with van der Waals surface area (Å²) in [7, 11) is -1.69. The number of benzene rings is 2. The standard InChI is InChI=1S/C14H10ClFO3S/c15-11-5-3-6-12(16)10(11)8-20(19)13-7-2-1-4-9(13)14(17)18/h1-7H,8H2,(H,17,18). The highest BCUT2D eigenvalue weighted by Crippen LogP contribution is 2.24. The second kappa shape index (κ2) is 6.15. The smallest absolute Gasteiger partial charge is 0.336 e. The third-order valence-corrected chi connectivity index (χ3v) is 4.45. The van der Waals surface area contributed by atoms with Gasteiger partial charge >= 0.3 is 5.97 Å². The van der Waals surface area contributed by atoms with E-state index in [2.05, 4.69) is 0 Å². The molecule has 2 rings (SSSR count). The Bertz CT molecular complexity index is 668. The molecule has 0 bridgehead atoms. The monoisotopic (exact) mass is 312 g/mol. The van der Waals surface area contributed by atoms with Crippen LogP contribution < -0.4 is 0 Å². The maximum Gasteiger partial charge on any atom is 0.336 e. The molecule has 0 aliphatic heterocycles. The average molecular weight is 313 g/mol. The Morgan fingerprint density at radius 3 is 2.55 bits per heavy atom. The van der Waals surface area contributed by atoms with Crippen LogP contribution in [0.4, 0.5) is 4.39 Å². The molecule has 0 fully saturated rings. The van der Waals surface area contributed by atoms with Gasteiger partial charge in [-0.25, -0.2) is 9.18 Å². The van der Waals surface area contributed by atoms with E-state index in [1.807, 2.05) is 0 Å². The molecule has 1 unspecified atom stereocenters. The van der Waals surface area contributed by atoms with Crippen molar-refractivity contribution in [1.82, 2.24) is 0 Å². The molecule has 0 spiro atoms. The molecule has 0 amide bonds. The Morgan fingerprint density at radius 1 is 1.20 bits per heavy atom. The molecule has 0 heterocycles. The van der Waals surface area contributed by atoms with Crippen LogP contribution in [0.3, 0.4) is 0 Å². The van der Waals surface area contributed by atoms with Gasteiger partial charge in [0.2, 0.25) is 0 Å². The number of halogens is 2. The van der Waals surface area contributed by atoms with Gasteiger partial charge in [-0.15, -0.1) is 0 Å². The van der Waals surface area contributed by atoms with Gasteiger partial charge in [0, 0.05) is 10.6 Å². The van der Waals surface area contributed by atoms with Crippen LogP contribution in [0.25, 0.3) is 0 Å². The van der Waals surface area contributed by atoms with Gasteiger partial charge in [0.25, 0.3) is 0 Å². The van der Waals surface area contributed by atoms with Gasteiger partial charge in [-0.05, 0) is 24.3 Å².